The van der Waals surface area contributed by atoms with Crippen molar-refractivity contribution in [2.75, 3.05) is 0 Å². The number of hydrogen-bond donors (Lipinski definition) is 0. The predicted molar refractivity (Wildman–Crippen MR) is 100 cm³/mol. The quantitative estimate of drug-likeness (QED) is 0.518. The van der Waals surface area contributed by atoms with E-state index in [1.807, 2.05) is 19.1 Å². The number of benzene rings is 2. The van der Waals surface area contributed by atoms with E-state index in [1.54, 1.807) is 6.07 Å². The fourth-order valence-electron chi connectivity index (χ4n) is 3.93. The van der Waals surface area contributed by atoms with Crippen LogP contribution in [0.15, 0.2) is 43.0 Å². The molecule has 1 nitrogen and oxygen atoms in total. The molecular weight excluding hydrogens is 337 g/mol. The zero-order valence-electron chi connectivity index (χ0n) is 14.9. The Morgan fingerprint density at radius 3 is 2.50 bits per heavy atom. The van der Waals surface area contributed by atoms with Crippen LogP contribution in [0.1, 0.15) is 49.7 Å². The zero-order chi connectivity index (χ0) is 18.7. The highest BCUT2D eigenvalue weighted by Crippen LogP contribution is 2.39. The second-order valence-corrected chi connectivity index (χ2v) is 6.80. The molecule has 0 radical (unpaired) electrons. The molecule has 2 aromatic rings. The summed E-state index contributed by atoms with van der Waals surface area (Å²) in [6.45, 7) is 2.55. The Kier molecular flexibility index (Phi) is 5.70. The minimum atomic E-state index is -3.00. The van der Waals surface area contributed by atoms with Crippen molar-refractivity contribution in [2.45, 2.75) is 45.1 Å². The first-order valence-corrected chi connectivity index (χ1v) is 8.99. The monoisotopic (exact) mass is 360 g/mol. The van der Waals surface area contributed by atoms with Crippen LogP contribution in [0.2, 0.25) is 0 Å². The van der Waals surface area contributed by atoms with E-state index >= 15 is 0 Å². The normalized spacial score (nSPS) is 20.8. The van der Waals surface area contributed by atoms with Gasteiger partial charge < -0.3 is 4.74 Å². The molecule has 0 bridgehead atoms. The summed E-state index contributed by atoms with van der Waals surface area (Å²) in [4.78, 5) is 0. The van der Waals surface area contributed by atoms with Crippen LogP contribution >= 0.6 is 0 Å². The summed E-state index contributed by atoms with van der Waals surface area (Å²) in [6.07, 6.45) is 10.0. The largest absolute Gasteiger partial charge is 0.434 e. The minimum Gasteiger partial charge on any atom is -0.434 e. The van der Waals surface area contributed by atoms with Crippen molar-refractivity contribution in [3.05, 3.63) is 59.9 Å². The Morgan fingerprint density at radius 1 is 1.15 bits per heavy atom. The summed E-state index contributed by atoms with van der Waals surface area (Å²) >= 11 is 0. The highest BCUT2D eigenvalue weighted by atomic mass is 19.3. The van der Waals surface area contributed by atoms with Gasteiger partial charge in [0.1, 0.15) is 11.6 Å². The van der Waals surface area contributed by atoms with Crippen LogP contribution in [0.4, 0.5) is 13.2 Å². The number of ether oxygens (including phenoxy) is 1. The van der Waals surface area contributed by atoms with E-state index in [0.29, 0.717) is 22.6 Å². The molecule has 3 rings (SSSR count). The summed E-state index contributed by atoms with van der Waals surface area (Å²) in [6, 6.07) is 7.07. The molecule has 0 unspecified atom stereocenters. The van der Waals surface area contributed by atoms with Gasteiger partial charge in [-0.15, -0.1) is 0 Å². The maximum atomic E-state index is 14.7. The van der Waals surface area contributed by atoms with Crippen molar-refractivity contribution >= 4 is 16.8 Å². The van der Waals surface area contributed by atoms with E-state index in [2.05, 4.69) is 23.5 Å². The summed E-state index contributed by atoms with van der Waals surface area (Å²) in [5.41, 5.74) is 1.10. The van der Waals surface area contributed by atoms with Gasteiger partial charge in [-0.1, -0.05) is 43.0 Å². The molecule has 0 atom stereocenters. The van der Waals surface area contributed by atoms with Gasteiger partial charge in [-0.05, 0) is 61.5 Å². The fraction of sp³-hybridized carbons (Fsp3) is 0.364. The third-order valence-electron chi connectivity index (χ3n) is 5.23. The first-order valence-electron chi connectivity index (χ1n) is 8.99. The predicted octanol–water partition coefficient (Wildman–Crippen LogP) is 7.07. The third kappa shape index (κ3) is 3.79. The third-order valence-corrected chi connectivity index (χ3v) is 5.23. The molecule has 0 aliphatic heterocycles. The maximum Gasteiger partial charge on any atom is 0.387 e. The number of allylic oxidation sites excluding steroid dienone is 2. The van der Waals surface area contributed by atoms with E-state index in [4.69, 9.17) is 0 Å². The summed E-state index contributed by atoms with van der Waals surface area (Å²) in [7, 11) is 0. The molecule has 138 valence electrons. The van der Waals surface area contributed by atoms with Crippen molar-refractivity contribution in [1.29, 1.82) is 0 Å². The van der Waals surface area contributed by atoms with Crippen LogP contribution in [0, 0.1) is 11.7 Å². The van der Waals surface area contributed by atoms with Crippen LogP contribution in [-0.4, -0.2) is 6.61 Å². The van der Waals surface area contributed by atoms with Crippen molar-refractivity contribution in [3.8, 4) is 5.75 Å². The second-order valence-electron chi connectivity index (χ2n) is 6.80. The zero-order valence-corrected chi connectivity index (χ0v) is 14.9. The van der Waals surface area contributed by atoms with Crippen LogP contribution in [0.3, 0.4) is 0 Å². The van der Waals surface area contributed by atoms with Gasteiger partial charge in [0.25, 0.3) is 0 Å². The molecule has 0 N–H and O–H groups in total. The Balaban J connectivity index is 1.94. The molecule has 1 aliphatic carbocycles. The first kappa shape index (κ1) is 18.6. The number of halogens is 3. The van der Waals surface area contributed by atoms with Crippen molar-refractivity contribution in [3.63, 3.8) is 0 Å². The van der Waals surface area contributed by atoms with Crippen LogP contribution in [0.25, 0.3) is 16.8 Å². The van der Waals surface area contributed by atoms with Crippen molar-refractivity contribution in [2.24, 2.45) is 5.92 Å². The fourth-order valence-corrected chi connectivity index (χ4v) is 3.93. The van der Waals surface area contributed by atoms with E-state index in [0.717, 1.165) is 31.2 Å². The van der Waals surface area contributed by atoms with Gasteiger partial charge in [-0.2, -0.15) is 8.78 Å². The summed E-state index contributed by atoms with van der Waals surface area (Å²) in [5.74, 6) is 0.309. The summed E-state index contributed by atoms with van der Waals surface area (Å²) in [5, 5.41) is 0.977. The number of alkyl halides is 2. The number of hydrogen-bond acceptors (Lipinski definition) is 1. The topological polar surface area (TPSA) is 9.23 Å². The highest BCUT2D eigenvalue weighted by Gasteiger charge is 2.22. The van der Waals surface area contributed by atoms with Crippen molar-refractivity contribution in [1.82, 2.24) is 0 Å². The van der Waals surface area contributed by atoms with Crippen molar-refractivity contribution < 1.29 is 17.9 Å². The molecule has 4 heteroatoms. The van der Waals surface area contributed by atoms with E-state index in [9.17, 15) is 13.2 Å². The second kappa shape index (κ2) is 7.98. The molecule has 2 aromatic carbocycles. The summed E-state index contributed by atoms with van der Waals surface area (Å²) < 4.78 is 44.5. The molecule has 1 aliphatic rings. The molecule has 0 aromatic heterocycles. The van der Waals surface area contributed by atoms with Crippen LogP contribution in [0.5, 0.6) is 5.75 Å². The smallest absolute Gasteiger partial charge is 0.387 e. The van der Waals surface area contributed by atoms with Gasteiger partial charge in [0, 0.05) is 5.39 Å². The molecule has 1 saturated carbocycles. The Labute approximate surface area is 152 Å². The van der Waals surface area contributed by atoms with Gasteiger partial charge >= 0.3 is 6.61 Å². The van der Waals surface area contributed by atoms with Gasteiger partial charge in [0.15, 0.2) is 0 Å². The van der Waals surface area contributed by atoms with E-state index in [-0.39, 0.29) is 11.3 Å². The Hall–Kier alpha value is -2.23. The molecule has 0 saturated heterocycles. The average molecular weight is 360 g/mol. The highest BCUT2D eigenvalue weighted by molar-refractivity contribution is 5.88. The Bertz CT molecular complexity index is 818. The molecule has 26 heavy (non-hydrogen) atoms. The lowest BCUT2D eigenvalue weighted by Crippen LogP contribution is -2.11. The number of fused-ring (bicyclic) bond motifs is 1. The van der Waals surface area contributed by atoms with Gasteiger partial charge in [-0.3, -0.25) is 0 Å². The maximum absolute atomic E-state index is 14.7. The molecular formula is C22H23F3O. The van der Waals surface area contributed by atoms with Crippen LogP contribution in [-0.2, 0) is 0 Å². The van der Waals surface area contributed by atoms with E-state index < -0.39 is 12.4 Å². The molecule has 0 amide bonds. The lowest BCUT2D eigenvalue weighted by molar-refractivity contribution is -0.0500. The number of rotatable bonds is 5. The Morgan fingerprint density at radius 2 is 1.88 bits per heavy atom. The molecule has 0 heterocycles. The van der Waals surface area contributed by atoms with Gasteiger partial charge in [0.05, 0.1) is 5.56 Å². The van der Waals surface area contributed by atoms with Gasteiger partial charge in [0.2, 0.25) is 0 Å². The van der Waals surface area contributed by atoms with Crippen LogP contribution < -0.4 is 4.74 Å². The lowest BCUT2D eigenvalue weighted by atomic mass is 9.78. The molecule has 1 fully saturated rings. The standard InChI is InChI=1S/C22H23F3O/c1-3-5-14-6-8-15(9-7-14)16-10-11-19-17(12-16)13-20(26-22(24)25)18(4-2)21(19)23/h3-5,10-15,22H,2,6-9H2,1H3/b5-3+. The first-order chi connectivity index (χ1) is 12.5. The molecule has 0 spiro atoms. The SMILES string of the molecule is C=Cc1c(OC(F)F)cc2cc(C3CCC(/C=C/C)CC3)ccc2c1F. The average Bonchev–Trinajstić information content (AvgIpc) is 2.62. The van der Waals surface area contributed by atoms with E-state index in [1.165, 1.54) is 12.1 Å². The van der Waals surface area contributed by atoms with Gasteiger partial charge in [-0.25, -0.2) is 4.39 Å². The minimum absolute atomic E-state index is 0.0302. The lowest BCUT2D eigenvalue weighted by Gasteiger charge is -2.27.